The van der Waals surface area contributed by atoms with Gasteiger partial charge in [-0.05, 0) is 44.5 Å². The lowest BCUT2D eigenvalue weighted by Crippen LogP contribution is -2.41. The zero-order valence-corrected chi connectivity index (χ0v) is 13.9. The van der Waals surface area contributed by atoms with E-state index < -0.39 is 5.97 Å². The van der Waals surface area contributed by atoms with E-state index >= 15 is 0 Å². The van der Waals surface area contributed by atoms with Crippen LogP contribution in [0.25, 0.3) is 0 Å². The van der Waals surface area contributed by atoms with Crippen molar-refractivity contribution in [2.75, 3.05) is 6.54 Å². The van der Waals surface area contributed by atoms with Gasteiger partial charge in [0.25, 0.3) is 0 Å². The molecule has 1 N–H and O–H groups in total. The number of benzene rings is 1. The predicted octanol–water partition coefficient (Wildman–Crippen LogP) is 3.79. The molecule has 1 aromatic carbocycles. The summed E-state index contributed by atoms with van der Waals surface area (Å²) in [6, 6.07) is 7.99. The molecule has 0 amide bonds. The van der Waals surface area contributed by atoms with Crippen molar-refractivity contribution in [2.45, 2.75) is 38.3 Å². The van der Waals surface area contributed by atoms with Crippen LogP contribution < -0.4 is 0 Å². The second-order valence-corrected chi connectivity index (χ2v) is 6.84. The molecule has 5 nitrogen and oxygen atoms in total. The van der Waals surface area contributed by atoms with E-state index in [9.17, 15) is 4.79 Å². The van der Waals surface area contributed by atoms with Gasteiger partial charge < -0.3 is 9.52 Å². The number of likely N-dealkylation sites (tertiary alicyclic amines) is 1. The lowest BCUT2D eigenvalue weighted by Gasteiger charge is -2.35. The summed E-state index contributed by atoms with van der Waals surface area (Å²) in [6.45, 7) is 5.80. The SMILES string of the molecule is CC1(C)C(c2ccc(Cl)cc2)CCN1Cc1nc(C(=O)O)co1. The summed E-state index contributed by atoms with van der Waals surface area (Å²) >= 11 is 5.97. The molecule has 0 bridgehead atoms. The fourth-order valence-electron chi connectivity index (χ4n) is 3.34. The number of halogens is 1. The number of carboxylic acids is 1. The van der Waals surface area contributed by atoms with Crippen molar-refractivity contribution in [3.8, 4) is 0 Å². The minimum absolute atomic E-state index is 0.0498. The third-order valence-electron chi connectivity index (χ3n) is 4.72. The molecule has 3 rings (SSSR count). The normalized spacial score (nSPS) is 20.7. The summed E-state index contributed by atoms with van der Waals surface area (Å²) in [7, 11) is 0. The summed E-state index contributed by atoms with van der Waals surface area (Å²) in [5.41, 5.74) is 1.14. The Morgan fingerprint density at radius 2 is 2.13 bits per heavy atom. The van der Waals surface area contributed by atoms with E-state index in [2.05, 4.69) is 35.9 Å². The first kappa shape index (κ1) is 16.0. The van der Waals surface area contributed by atoms with E-state index in [0.29, 0.717) is 18.4 Å². The molecular weight excluding hydrogens is 316 g/mol. The Labute approximate surface area is 139 Å². The molecule has 0 aliphatic carbocycles. The predicted molar refractivity (Wildman–Crippen MR) is 86.8 cm³/mol. The second kappa shape index (κ2) is 5.98. The summed E-state index contributed by atoms with van der Waals surface area (Å²) < 4.78 is 5.29. The zero-order chi connectivity index (χ0) is 16.6. The Hall–Kier alpha value is -1.85. The summed E-state index contributed by atoms with van der Waals surface area (Å²) in [4.78, 5) is 17.2. The topological polar surface area (TPSA) is 66.6 Å². The van der Waals surface area contributed by atoms with E-state index in [1.54, 1.807) is 0 Å². The van der Waals surface area contributed by atoms with Crippen molar-refractivity contribution in [3.63, 3.8) is 0 Å². The van der Waals surface area contributed by atoms with Gasteiger partial charge in [-0.2, -0.15) is 0 Å². The highest BCUT2D eigenvalue weighted by molar-refractivity contribution is 6.30. The number of aromatic nitrogens is 1. The zero-order valence-electron chi connectivity index (χ0n) is 13.1. The standard InChI is InChI=1S/C17H19ClN2O3/c1-17(2)13(11-3-5-12(18)6-4-11)7-8-20(17)9-15-19-14(10-23-15)16(21)22/h3-6,10,13H,7-9H2,1-2H3,(H,21,22). The van der Waals surface area contributed by atoms with Crippen molar-refractivity contribution in [2.24, 2.45) is 0 Å². The summed E-state index contributed by atoms with van der Waals surface area (Å²) in [5.74, 6) is -0.249. The van der Waals surface area contributed by atoms with Gasteiger partial charge in [-0.1, -0.05) is 23.7 Å². The molecule has 2 aromatic rings. The molecule has 0 spiro atoms. The van der Waals surface area contributed by atoms with E-state index in [1.807, 2.05) is 12.1 Å². The lowest BCUT2D eigenvalue weighted by atomic mass is 9.83. The number of rotatable bonds is 4. The van der Waals surface area contributed by atoms with Gasteiger partial charge in [0.15, 0.2) is 5.69 Å². The highest BCUT2D eigenvalue weighted by Gasteiger charge is 2.42. The molecule has 1 fully saturated rings. The Morgan fingerprint density at radius 3 is 2.74 bits per heavy atom. The lowest BCUT2D eigenvalue weighted by molar-refractivity contribution is 0.0690. The molecule has 0 radical (unpaired) electrons. The first-order valence-electron chi connectivity index (χ1n) is 7.56. The van der Waals surface area contributed by atoms with Crippen LogP contribution in [0.2, 0.25) is 5.02 Å². The van der Waals surface area contributed by atoms with Crippen LogP contribution in [0.4, 0.5) is 0 Å². The summed E-state index contributed by atoms with van der Waals surface area (Å²) in [5, 5.41) is 9.67. The number of aromatic carboxylic acids is 1. The third-order valence-corrected chi connectivity index (χ3v) is 4.98. The van der Waals surface area contributed by atoms with Crippen LogP contribution in [0.3, 0.4) is 0 Å². The molecule has 1 unspecified atom stereocenters. The first-order valence-corrected chi connectivity index (χ1v) is 7.94. The Kier molecular flexibility index (Phi) is 4.17. The highest BCUT2D eigenvalue weighted by atomic mass is 35.5. The molecule has 1 aliphatic rings. The monoisotopic (exact) mass is 334 g/mol. The van der Waals surface area contributed by atoms with Crippen LogP contribution in [0.5, 0.6) is 0 Å². The van der Waals surface area contributed by atoms with Gasteiger partial charge in [0.1, 0.15) is 6.26 Å². The second-order valence-electron chi connectivity index (χ2n) is 6.40. The molecule has 1 aliphatic heterocycles. The number of hydrogen-bond donors (Lipinski definition) is 1. The van der Waals surface area contributed by atoms with Gasteiger partial charge in [-0.15, -0.1) is 0 Å². The van der Waals surface area contributed by atoms with Gasteiger partial charge in [0.05, 0.1) is 6.54 Å². The smallest absolute Gasteiger partial charge is 0.357 e. The molecule has 1 atom stereocenters. The molecule has 1 saturated heterocycles. The maximum atomic E-state index is 10.9. The van der Waals surface area contributed by atoms with Crippen molar-refractivity contribution in [1.29, 1.82) is 0 Å². The maximum Gasteiger partial charge on any atom is 0.357 e. The number of nitrogens with zero attached hydrogens (tertiary/aromatic N) is 2. The Bertz CT molecular complexity index is 709. The largest absolute Gasteiger partial charge is 0.476 e. The van der Waals surface area contributed by atoms with Crippen LogP contribution in [0.15, 0.2) is 34.9 Å². The number of carboxylic acid groups (broad SMARTS) is 1. The van der Waals surface area contributed by atoms with E-state index in [-0.39, 0.29) is 11.2 Å². The molecule has 2 heterocycles. The van der Waals surface area contributed by atoms with Crippen molar-refractivity contribution in [3.05, 3.63) is 52.7 Å². The van der Waals surface area contributed by atoms with Gasteiger partial charge in [0, 0.05) is 16.5 Å². The van der Waals surface area contributed by atoms with Gasteiger partial charge in [0.2, 0.25) is 5.89 Å². The van der Waals surface area contributed by atoms with E-state index in [4.69, 9.17) is 21.1 Å². The average molecular weight is 335 g/mol. The number of hydrogen-bond acceptors (Lipinski definition) is 4. The molecule has 6 heteroatoms. The fraction of sp³-hybridized carbons (Fsp3) is 0.412. The van der Waals surface area contributed by atoms with E-state index in [1.165, 1.54) is 11.8 Å². The summed E-state index contributed by atoms with van der Waals surface area (Å²) in [6.07, 6.45) is 2.22. The van der Waals surface area contributed by atoms with Gasteiger partial charge >= 0.3 is 5.97 Å². The molecule has 122 valence electrons. The quantitative estimate of drug-likeness (QED) is 0.921. The van der Waals surface area contributed by atoms with Gasteiger partial charge in [-0.3, -0.25) is 4.90 Å². The van der Waals surface area contributed by atoms with Crippen LogP contribution in [0.1, 0.15) is 48.1 Å². The van der Waals surface area contributed by atoms with Crippen molar-refractivity contribution in [1.82, 2.24) is 9.88 Å². The minimum atomic E-state index is -1.07. The van der Waals surface area contributed by atoms with Crippen molar-refractivity contribution < 1.29 is 14.3 Å². The van der Waals surface area contributed by atoms with E-state index in [0.717, 1.165) is 18.0 Å². The molecule has 0 saturated carbocycles. The Morgan fingerprint density at radius 1 is 1.43 bits per heavy atom. The molecule has 23 heavy (non-hydrogen) atoms. The Balaban J connectivity index is 1.76. The number of oxazole rings is 1. The van der Waals surface area contributed by atoms with Crippen LogP contribution in [0, 0.1) is 0 Å². The molecule has 1 aromatic heterocycles. The molecular formula is C17H19ClN2O3. The highest BCUT2D eigenvalue weighted by Crippen LogP contribution is 2.42. The van der Waals surface area contributed by atoms with Gasteiger partial charge in [-0.25, -0.2) is 9.78 Å². The van der Waals surface area contributed by atoms with Crippen molar-refractivity contribution >= 4 is 17.6 Å². The average Bonchev–Trinajstić information content (AvgIpc) is 3.07. The first-order chi connectivity index (χ1) is 10.9. The fourth-order valence-corrected chi connectivity index (χ4v) is 3.47. The van der Waals surface area contributed by atoms with Crippen LogP contribution in [-0.2, 0) is 6.54 Å². The minimum Gasteiger partial charge on any atom is -0.476 e. The van der Waals surface area contributed by atoms with Crippen LogP contribution >= 0.6 is 11.6 Å². The maximum absolute atomic E-state index is 10.9. The third kappa shape index (κ3) is 3.12. The number of carbonyl (C=O) groups is 1. The van der Waals surface area contributed by atoms with Crippen LogP contribution in [-0.4, -0.2) is 33.0 Å².